The maximum absolute atomic E-state index is 13.0. The maximum Gasteiger partial charge on any atom is 0.320 e. The highest BCUT2D eigenvalue weighted by molar-refractivity contribution is 6.00. The average Bonchev–Trinajstić information content (AvgIpc) is 3.25. The zero-order valence-corrected chi connectivity index (χ0v) is 23.3. The Bertz CT molecular complexity index is 1210. The van der Waals surface area contributed by atoms with Gasteiger partial charge in [-0.05, 0) is 81.6 Å². The van der Waals surface area contributed by atoms with E-state index in [1.54, 1.807) is 6.07 Å². The number of ether oxygens (including phenoxy) is 1. The molecule has 0 radical (unpaired) electrons. The quantitative estimate of drug-likeness (QED) is 0.251. The molecule has 10 nitrogen and oxygen atoms in total. The minimum absolute atomic E-state index is 0.106. The van der Waals surface area contributed by atoms with E-state index < -0.39 is 5.91 Å². The first-order chi connectivity index (χ1) is 18.6. The Morgan fingerprint density at radius 1 is 1.18 bits per heavy atom. The molecule has 0 bridgehead atoms. The molecule has 1 aromatic heterocycles. The minimum Gasteiger partial charge on any atom is -0.461 e. The van der Waals surface area contributed by atoms with Gasteiger partial charge in [0.2, 0.25) is 0 Å². The molecular weight excluding hydrogens is 496 g/mol. The lowest BCUT2D eigenvalue weighted by Gasteiger charge is -2.30. The number of nitrogens with two attached hydrogens (primary N) is 2. The predicted molar refractivity (Wildman–Crippen MR) is 150 cm³/mol. The first kappa shape index (κ1) is 28.8. The number of esters is 1. The second-order valence-electron chi connectivity index (χ2n) is 11.5. The molecule has 2 aliphatic rings. The normalized spacial score (nSPS) is 20.4. The van der Waals surface area contributed by atoms with Crippen molar-refractivity contribution in [2.24, 2.45) is 16.9 Å². The number of nitrogens with zero attached hydrogens (tertiary/aromatic N) is 2. The number of aryl methyl sites for hydroxylation is 1. The molecule has 0 saturated heterocycles. The van der Waals surface area contributed by atoms with E-state index in [1.165, 1.54) is 0 Å². The molecule has 0 spiro atoms. The van der Waals surface area contributed by atoms with Crippen LogP contribution in [0.15, 0.2) is 18.2 Å². The van der Waals surface area contributed by atoms with Crippen molar-refractivity contribution in [3.63, 3.8) is 0 Å². The molecule has 0 unspecified atom stereocenters. The Labute approximate surface area is 230 Å². The van der Waals surface area contributed by atoms with Gasteiger partial charge in [-0.3, -0.25) is 14.4 Å². The summed E-state index contributed by atoms with van der Waals surface area (Å²) in [5.41, 5.74) is 15.4. The lowest BCUT2D eigenvalue weighted by atomic mass is 9.75. The van der Waals surface area contributed by atoms with Crippen LogP contribution in [-0.4, -0.2) is 59.2 Å². The number of carbonyl (C=O) groups excluding carboxylic acids is 3. The summed E-state index contributed by atoms with van der Waals surface area (Å²) in [5.74, 6) is -0.620. The van der Waals surface area contributed by atoms with Gasteiger partial charge in [-0.25, -0.2) is 4.68 Å². The Hall–Kier alpha value is -3.24. The fraction of sp³-hybridized carbons (Fsp3) is 0.586. The van der Waals surface area contributed by atoms with Crippen LogP contribution in [0.3, 0.4) is 0 Å². The molecule has 1 fully saturated rings. The first-order valence-electron chi connectivity index (χ1n) is 14.1. The molecule has 6 N–H and O–H groups in total. The smallest absolute Gasteiger partial charge is 0.320 e. The summed E-state index contributed by atoms with van der Waals surface area (Å²) in [6, 6.07) is 5.56. The number of carbonyl (C=O) groups is 3. The Kier molecular flexibility index (Phi) is 9.07. The van der Waals surface area contributed by atoms with Crippen LogP contribution >= 0.6 is 0 Å². The van der Waals surface area contributed by atoms with Crippen molar-refractivity contribution < 1.29 is 19.1 Å². The SMILES string of the molecule is CCc1nn(-c2ccc(C(N)=O)c(N[C@H]3CC[C@H](OC(=O)CNCCCN)CC3)c2)c2c1C(=O)CC(C)(C)C2. The van der Waals surface area contributed by atoms with E-state index in [4.69, 9.17) is 21.3 Å². The van der Waals surface area contributed by atoms with Crippen LogP contribution in [0.4, 0.5) is 5.69 Å². The van der Waals surface area contributed by atoms with Gasteiger partial charge in [-0.2, -0.15) is 5.10 Å². The molecule has 1 saturated carbocycles. The highest BCUT2D eigenvalue weighted by atomic mass is 16.5. The zero-order chi connectivity index (χ0) is 28.2. The van der Waals surface area contributed by atoms with Crippen LogP contribution in [0.2, 0.25) is 0 Å². The number of hydrogen-bond donors (Lipinski definition) is 4. The molecule has 39 heavy (non-hydrogen) atoms. The predicted octanol–water partition coefficient (Wildman–Crippen LogP) is 2.89. The first-order valence-corrected chi connectivity index (χ1v) is 14.1. The number of benzene rings is 1. The molecule has 10 heteroatoms. The van der Waals surface area contributed by atoms with Crippen LogP contribution in [0.5, 0.6) is 0 Å². The number of fused-ring (bicyclic) bond motifs is 1. The topological polar surface area (TPSA) is 154 Å². The number of aromatic nitrogens is 2. The zero-order valence-electron chi connectivity index (χ0n) is 23.3. The molecule has 1 amide bonds. The summed E-state index contributed by atoms with van der Waals surface area (Å²) in [5, 5.41) is 11.4. The molecular formula is C29H42N6O4. The summed E-state index contributed by atoms with van der Waals surface area (Å²) in [6.45, 7) is 7.68. The van der Waals surface area contributed by atoms with Gasteiger partial charge in [0.1, 0.15) is 6.10 Å². The number of anilines is 1. The summed E-state index contributed by atoms with van der Waals surface area (Å²) in [6.07, 6.45) is 5.69. The molecule has 4 rings (SSSR count). The van der Waals surface area contributed by atoms with Crippen molar-refractivity contribution in [1.29, 1.82) is 0 Å². The number of Topliss-reactive ketones (excluding diaryl/α,β-unsaturated/α-hetero) is 1. The summed E-state index contributed by atoms with van der Waals surface area (Å²) in [7, 11) is 0. The van der Waals surface area contributed by atoms with Crippen molar-refractivity contribution >= 4 is 23.3 Å². The van der Waals surface area contributed by atoms with Gasteiger partial charge >= 0.3 is 5.97 Å². The van der Waals surface area contributed by atoms with E-state index >= 15 is 0 Å². The van der Waals surface area contributed by atoms with Crippen LogP contribution in [-0.2, 0) is 22.4 Å². The fourth-order valence-electron chi connectivity index (χ4n) is 5.68. The highest BCUT2D eigenvalue weighted by Gasteiger charge is 2.36. The Morgan fingerprint density at radius 2 is 1.92 bits per heavy atom. The molecule has 2 aromatic rings. The Morgan fingerprint density at radius 3 is 2.59 bits per heavy atom. The maximum atomic E-state index is 13.0. The monoisotopic (exact) mass is 538 g/mol. The van der Waals surface area contributed by atoms with Gasteiger partial charge in [0.15, 0.2) is 5.78 Å². The number of nitrogens with one attached hydrogen (secondary N) is 2. The molecule has 0 aliphatic heterocycles. The van der Waals surface area contributed by atoms with E-state index in [0.29, 0.717) is 37.2 Å². The molecule has 1 aromatic carbocycles. The van der Waals surface area contributed by atoms with Crippen molar-refractivity contribution in [3.05, 3.63) is 40.7 Å². The second-order valence-corrected chi connectivity index (χ2v) is 11.5. The van der Waals surface area contributed by atoms with Crippen molar-refractivity contribution in [2.45, 2.75) is 84.3 Å². The lowest BCUT2D eigenvalue weighted by molar-refractivity contribution is -0.149. The number of amides is 1. The largest absolute Gasteiger partial charge is 0.461 e. The third-order valence-corrected chi connectivity index (χ3v) is 7.62. The van der Waals surface area contributed by atoms with Gasteiger partial charge in [0, 0.05) is 18.2 Å². The lowest BCUT2D eigenvalue weighted by Crippen LogP contribution is -2.34. The number of rotatable bonds is 11. The highest BCUT2D eigenvalue weighted by Crippen LogP contribution is 2.38. The number of primary amides is 1. The summed E-state index contributed by atoms with van der Waals surface area (Å²) < 4.78 is 7.49. The van der Waals surface area contributed by atoms with E-state index in [-0.39, 0.29) is 35.9 Å². The van der Waals surface area contributed by atoms with Gasteiger partial charge in [-0.1, -0.05) is 20.8 Å². The third-order valence-electron chi connectivity index (χ3n) is 7.62. The molecule has 1 heterocycles. The van der Waals surface area contributed by atoms with Crippen molar-refractivity contribution in [2.75, 3.05) is 25.0 Å². The summed E-state index contributed by atoms with van der Waals surface area (Å²) in [4.78, 5) is 37.4. The summed E-state index contributed by atoms with van der Waals surface area (Å²) >= 11 is 0. The van der Waals surface area contributed by atoms with E-state index in [9.17, 15) is 14.4 Å². The number of ketones is 1. The molecule has 2 aliphatic carbocycles. The van der Waals surface area contributed by atoms with Crippen molar-refractivity contribution in [1.82, 2.24) is 15.1 Å². The van der Waals surface area contributed by atoms with Crippen LogP contribution in [0.1, 0.15) is 91.4 Å². The molecule has 0 atom stereocenters. The van der Waals surface area contributed by atoms with Crippen molar-refractivity contribution in [3.8, 4) is 5.69 Å². The van der Waals surface area contributed by atoms with Crippen LogP contribution in [0.25, 0.3) is 5.69 Å². The van der Waals surface area contributed by atoms with E-state index in [0.717, 1.165) is 61.2 Å². The fourth-order valence-corrected chi connectivity index (χ4v) is 5.68. The number of hydrogen-bond acceptors (Lipinski definition) is 8. The third kappa shape index (κ3) is 6.86. The van der Waals surface area contributed by atoms with Crippen LogP contribution < -0.4 is 22.1 Å². The van der Waals surface area contributed by atoms with Gasteiger partial charge in [-0.15, -0.1) is 0 Å². The van der Waals surface area contributed by atoms with Gasteiger partial charge in [0.05, 0.1) is 34.7 Å². The van der Waals surface area contributed by atoms with Crippen LogP contribution in [0, 0.1) is 5.41 Å². The standard InChI is InChI=1S/C29H42N6O4/c1-4-22-27-24(15-29(2,3)16-25(27)36)35(34-22)19-8-11-21(28(31)38)23(14-19)33-18-6-9-20(10-7-18)39-26(37)17-32-13-5-12-30/h8,11,14,18,20,32-33H,4-7,9-10,12-13,15-17,30H2,1-3H3,(H2,31,38)/t18-,20-. The van der Waals surface area contributed by atoms with Gasteiger partial charge in [0.25, 0.3) is 5.91 Å². The Balaban J connectivity index is 1.48. The van der Waals surface area contributed by atoms with Gasteiger partial charge < -0.3 is 26.8 Å². The van der Waals surface area contributed by atoms with E-state index in [1.807, 2.05) is 23.7 Å². The second kappa shape index (κ2) is 12.3. The molecule has 212 valence electrons. The minimum atomic E-state index is -0.512. The average molecular weight is 539 g/mol. The van der Waals surface area contributed by atoms with E-state index in [2.05, 4.69) is 24.5 Å².